The van der Waals surface area contributed by atoms with E-state index in [9.17, 15) is 4.79 Å². The van der Waals surface area contributed by atoms with Gasteiger partial charge in [0.1, 0.15) is 5.75 Å². The van der Waals surface area contributed by atoms with Crippen molar-refractivity contribution in [3.63, 3.8) is 0 Å². The number of carbonyl (C=O) groups excluding carboxylic acids is 1. The van der Waals surface area contributed by atoms with Gasteiger partial charge in [-0.15, -0.1) is 0 Å². The first-order valence-corrected chi connectivity index (χ1v) is 9.48. The largest absolute Gasteiger partial charge is 0.497 e. The van der Waals surface area contributed by atoms with Crippen molar-refractivity contribution in [1.29, 1.82) is 0 Å². The normalized spacial score (nSPS) is 25.0. The van der Waals surface area contributed by atoms with Crippen LogP contribution in [-0.4, -0.2) is 75.8 Å². The van der Waals surface area contributed by atoms with Gasteiger partial charge in [-0.2, -0.15) is 0 Å². The molecule has 0 aliphatic carbocycles. The number of rotatable bonds is 5. The molecule has 26 heavy (non-hydrogen) atoms. The van der Waals surface area contributed by atoms with E-state index < -0.39 is 0 Å². The summed E-state index contributed by atoms with van der Waals surface area (Å²) in [6.45, 7) is 6.79. The highest BCUT2D eigenvalue weighted by atomic mass is 16.5. The van der Waals surface area contributed by atoms with Crippen LogP contribution in [0, 0.1) is 5.41 Å². The summed E-state index contributed by atoms with van der Waals surface area (Å²) in [5.74, 6) is 0.971. The van der Waals surface area contributed by atoms with Crippen molar-refractivity contribution in [2.24, 2.45) is 5.41 Å². The zero-order valence-corrected chi connectivity index (χ0v) is 16.0. The highest BCUT2D eigenvalue weighted by Crippen LogP contribution is 2.33. The van der Waals surface area contributed by atoms with Crippen LogP contribution in [-0.2, 0) is 16.1 Å². The number of hydrogen-bond acceptors (Lipinski definition) is 5. The van der Waals surface area contributed by atoms with Crippen LogP contribution in [0.4, 0.5) is 0 Å². The zero-order chi connectivity index (χ0) is 18.4. The lowest BCUT2D eigenvalue weighted by molar-refractivity contribution is -0.122. The molecule has 1 unspecified atom stereocenters. The van der Waals surface area contributed by atoms with Crippen molar-refractivity contribution in [2.75, 3.05) is 60.1 Å². The van der Waals surface area contributed by atoms with Gasteiger partial charge in [-0.25, -0.2) is 0 Å². The van der Waals surface area contributed by atoms with Crippen molar-refractivity contribution in [3.8, 4) is 5.75 Å². The minimum atomic E-state index is 0.0768. The smallest absolute Gasteiger partial charge is 0.233 e. The molecular weight excluding hydrogens is 330 g/mol. The van der Waals surface area contributed by atoms with Gasteiger partial charge < -0.3 is 14.8 Å². The van der Waals surface area contributed by atoms with Gasteiger partial charge in [0, 0.05) is 38.6 Å². The Morgan fingerprint density at radius 3 is 2.73 bits per heavy atom. The molecule has 0 bridgehead atoms. The topological polar surface area (TPSA) is 54.0 Å². The van der Waals surface area contributed by atoms with E-state index in [1.807, 2.05) is 12.1 Å². The molecule has 1 aromatic rings. The number of carbonyl (C=O) groups is 1. The highest BCUT2D eigenvalue weighted by molar-refractivity contribution is 5.77. The average Bonchev–Trinajstić information content (AvgIpc) is 2.84. The molecule has 2 saturated heterocycles. The summed E-state index contributed by atoms with van der Waals surface area (Å²) in [6, 6.07) is 8.33. The lowest BCUT2D eigenvalue weighted by Crippen LogP contribution is -2.51. The summed E-state index contributed by atoms with van der Waals surface area (Å²) in [6.07, 6.45) is 2.34. The van der Waals surface area contributed by atoms with Gasteiger partial charge in [0.2, 0.25) is 5.91 Å². The molecule has 1 atom stereocenters. The fraction of sp³-hybridized carbons (Fsp3) is 0.650. The molecule has 1 aromatic carbocycles. The number of likely N-dealkylation sites (N-methyl/N-ethyl adjacent to an activating group) is 1. The standard InChI is InChI=1S/C20H31N3O3/c1-21-19(24)13-23-10-11-26-16-20(15-23)8-3-9-22(14-20)12-17-4-6-18(25-2)7-5-17/h4-7H,3,8-16H2,1-2H3,(H,21,24). The Bertz CT molecular complexity index is 592. The lowest BCUT2D eigenvalue weighted by Gasteiger charge is -2.43. The molecule has 1 spiro atoms. The van der Waals surface area contributed by atoms with E-state index >= 15 is 0 Å². The monoisotopic (exact) mass is 361 g/mol. The molecule has 0 saturated carbocycles. The van der Waals surface area contributed by atoms with Crippen molar-refractivity contribution in [1.82, 2.24) is 15.1 Å². The maximum Gasteiger partial charge on any atom is 0.233 e. The van der Waals surface area contributed by atoms with Crippen LogP contribution < -0.4 is 10.1 Å². The Morgan fingerprint density at radius 2 is 2.00 bits per heavy atom. The van der Waals surface area contributed by atoms with Crippen LogP contribution in [0.2, 0.25) is 0 Å². The molecule has 0 aromatic heterocycles. The van der Waals surface area contributed by atoms with Gasteiger partial charge in [0.15, 0.2) is 0 Å². The molecule has 1 amide bonds. The Balaban J connectivity index is 1.63. The second-order valence-corrected chi connectivity index (χ2v) is 7.60. The molecule has 2 fully saturated rings. The van der Waals surface area contributed by atoms with Gasteiger partial charge in [-0.3, -0.25) is 14.6 Å². The summed E-state index contributed by atoms with van der Waals surface area (Å²) < 4.78 is 11.2. The van der Waals surface area contributed by atoms with E-state index in [0.29, 0.717) is 13.2 Å². The van der Waals surface area contributed by atoms with Crippen molar-refractivity contribution in [3.05, 3.63) is 29.8 Å². The van der Waals surface area contributed by atoms with Crippen LogP contribution in [0.25, 0.3) is 0 Å². The quantitative estimate of drug-likeness (QED) is 0.858. The molecule has 2 aliphatic heterocycles. The van der Waals surface area contributed by atoms with E-state index in [1.54, 1.807) is 14.2 Å². The lowest BCUT2D eigenvalue weighted by atomic mass is 9.80. The van der Waals surface area contributed by atoms with E-state index in [4.69, 9.17) is 9.47 Å². The van der Waals surface area contributed by atoms with Crippen LogP contribution >= 0.6 is 0 Å². The predicted molar refractivity (Wildman–Crippen MR) is 101 cm³/mol. The molecule has 6 nitrogen and oxygen atoms in total. The van der Waals surface area contributed by atoms with E-state index in [-0.39, 0.29) is 11.3 Å². The second-order valence-electron chi connectivity index (χ2n) is 7.60. The van der Waals surface area contributed by atoms with Gasteiger partial charge in [-0.1, -0.05) is 12.1 Å². The minimum absolute atomic E-state index is 0.0768. The number of amides is 1. The first kappa shape index (κ1) is 19.1. The fourth-order valence-corrected chi connectivity index (χ4v) is 4.18. The zero-order valence-electron chi connectivity index (χ0n) is 16.0. The number of piperidine rings is 1. The first-order valence-electron chi connectivity index (χ1n) is 9.48. The summed E-state index contributed by atoms with van der Waals surface area (Å²) in [4.78, 5) is 16.6. The third-order valence-corrected chi connectivity index (χ3v) is 5.47. The first-order chi connectivity index (χ1) is 12.6. The number of nitrogens with one attached hydrogen (secondary N) is 1. The molecule has 0 radical (unpaired) electrons. The van der Waals surface area contributed by atoms with E-state index in [0.717, 1.165) is 51.5 Å². The van der Waals surface area contributed by atoms with Crippen LogP contribution in [0.5, 0.6) is 5.75 Å². The Labute approximate surface area is 156 Å². The predicted octanol–water partition coefficient (Wildman–Crippen LogP) is 1.36. The number of methoxy groups -OCH3 is 1. The molecule has 2 aliphatic rings. The Kier molecular flexibility index (Phi) is 6.51. The van der Waals surface area contributed by atoms with Gasteiger partial charge >= 0.3 is 0 Å². The van der Waals surface area contributed by atoms with Crippen LogP contribution in [0.1, 0.15) is 18.4 Å². The SMILES string of the molecule is CNC(=O)CN1CCOCC2(CCCN(Cc3ccc(OC)cc3)C2)C1. The third-order valence-electron chi connectivity index (χ3n) is 5.47. The molecule has 2 heterocycles. The van der Waals surface area contributed by atoms with E-state index in [1.165, 1.54) is 12.0 Å². The number of hydrogen-bond donors (Lipinski definition) is 1. The number of nitrogens with zero attached hydrogens (tertiary/aromatic N) is 2. The molecule has 144 valence electrons. The molecule has 6 heteroatoms. The molecular formula is C20H31N3O3. The van der Waals surface area contributed by atoms with E-state index in [2.05, 4.69) is 27.2 Å². The number of benzene rings is 1. The van der Waals surface area contributed by atoms with Crippen LogP contribution in [0.15, 0.2) is 24.3 Å². The van der Waals surface area contributed by atoms with Crippen LogP contribution in [0.3, 0.4) is 0 Å². The number of ether oxygens (including phenoxy) is 2. The van der Waals surface area contributed by atoms with Gasteiger partial charge in [-0.05, 0) is 37.1 Å². The average molecular weight is 361 g/mol. The van der Waals surface area contributed by atoms with Crippen molar-refractivity contribution in [2.45, 2.75) is 19.4 Å². The summed E-state index contributed by atoms with van der Waals surface area (Å²) in [7, 11) is 3.39. The maximum atomic E-state index is 11.8. The van der Waals surface area contributed by atoms with Gasteiger partial charge in [0.25, 0.3) is 0 Å². The van der Waals surface area contributed by atoms with Crippen molar-refractivity contribution >= 4 is 5.91 Å². The molecule has 3 rings (SSSR count). The third kappa shape index (κ3) is 4.96. The fourth-order valence-electron chi connectivity index (χ4n) is 4.18. The summed E-state index contributed by atoms with van der Waals surface area (Å²) in [5.41, 5.74) is 1.43. The Hall–Kier alpha value is -1.63. The van der Waals surface area contributed by atoms with Crippen molar-refractivity contribution < 1.29 is 14.3 Å². The summed E-state index contributed by atoms with van der Waals surface area (Å²) >= 11 is 0. The highest BCUT2D eigenvalue weighted by Gasteiger charge is 2.39. The Morgan fingerprint density at radius 1 is 1.23 bits per heavy atom. The second kappa shape index (κ2) is 8.84. The van der Waals surface area contributed by atoms with Gasteiger partial charge in [0.05, 0.1) is 26.9 Å². The minimum Gasteiger partial charge on any atom is -0.497 e. The maximum absolute atomic E-state index is 11.8. The molecule has 1 N–H and O–H groups in total. The number of likely N-dealkylation sites (tertiary alicyclic amines) is 1. The summed E-state index contributed by atoms with van der Waals surface area (Å²) in [5, 5.41) is 2.73.